The normalized spacial score (nSPS) is 20.9. The first-order valence-corrected chi connectivity index (χ1v) is 5.06. The molecule has 0 radical (unpaired) electrons. The Morgan fingerprint density at radius 3 is 3.33 bits per heavy atom. The Morgan fingerprint density at radius 2 is 2.60 bits per heavy atom. The first-order valence-electron chi connectivity index (χ1n) is 5.06. The van der Waals surface area contributed by atoms with Crippen LogP contribution in [-0.4, -0.2) is 16.4 Å². The van der Waals surface area contributed by atoms with E-state index in [1.165, 1.54) is 0 Å². The highest BCUT2D eigenvalue weighted by molar-refractivity contribution is 5.01. The topological polar surface area (TPSA) is 75.8 Å². The zero-order valence-electron chi connectivity index (χ0n) is 8.41. The zero-order chi connectivity index (χ0) is 10.5. The molecule has 0 bridgehead atoms. The van der Waals surface area contributed by atoms with Gasteiger partial charge in [-0.15, -0.1) is 0 Å². The Balaban J connectivity index is 2.11. The summed E-state index contributed by atoms with van der Waals surface area (Å²) >= 11 is 0. The van der Waals surface area contributed by atoms with Gasteiger partial charge in [-0.2, -0.15) is 5.10 Å². The van der Waals surface area contributed by atoms with Crippen LogP contribution in [0.2, 0.25) is 0 Å². The number of azide groups is 1. The fraction of sp³-hybridized carbons (Fsp3) is 0.667. The molecule has 6 nitrogen and oxygen atoms in total. The summed E-state index contributed by atoms with van der Waals surface area (Å²) in [5.41, 5.74) is 9.17. The first-order chi connectivity index (χ1) is 7.42. The van der Waals surface area contributed by atoms with E-state index in [4.69, 9.17) is 10.3 Å². The molecule has 0 saturated carbocycles. The molecule has 1 unspecified atom stereocenters. The van der Waals surface area contributed by atoms with Gasteiger partial charge in [-0.1, -0.05) is 5.11 Å². The minimum Gasteiger partial charge on any atom is -0.357 e. The lowest BCUT2D eigenvalue weighted by atomic mass is 10.2. The Hall–Kier alpha value is -1.52. The SMILES string of the molecule is [N-]=[N+]=NCc1ccnn1C1CCCCO1. The fourth-order valence-corrected chi connectivity index (χ4v) is 1.75. The van der Waals surface area contributed by atoms with Gasteiger partial charge in [-0.05, 0) is 30.9 Å². The molecule has 1 atom stereocenters. The standard InChI is InChI=1S/C9H13N5O/c10-13-11-7-8-4-5-12-14(8)9-3-1-2-6-15-9/h4-5,9H,1-3,6-7H2. The number of aromatic nitrogens is 2. The van der Waals surface area contributed by atoms with Crippen LogP contribution in [0.5, 0.6) is 0 Å². The van der Waals surface area contributed by atoms with Crippen molar-refractivity contribution in [1.29, 1.82) is 0 Å². The maximum atomic E-state index is 8.26. The first kappa shape index (κ1) is 10.0. The lowest BCUT2D eigenvalue weighted by molar-refractivity contribution is -0.0410. The van der Waals surface area contributed by atoms with Gasteiger partial charge in [0.15, 0.2) is 0 Å². The van der Waals surface area contributed by atoms with Crippen LogP contribution in [0.15, 0.2) is 17.4 Å². The predicted molar refractivity (Wildman–Crippen MR) is 53.9 cm³/mol. The van der Waals surface area contributed by atoms with E-state index in [-0.39, 0.29) is 6.23 Å². The number of hydrogen-bond acceptors (Lipinski definition) is 3. The molecule has 0 spiro atoms. The Labute approximate surface area is 87.5 Å². The molecule has 6 heteroatoms. The maximum absolute atomic E-state index is 8.26. The highest BCUT2D eigenvalue weighted by Crippen LogP contribution is 2.23. The molecule has 1 aromatic rings. The second-order valence-electron chi connectivity index (χ2n) is 3.48. The summed E-state index contributed by atoms with van der Waals surface area (Å²) in [5, 5.41) is 7.74. The molecule has 15 heavy (non-hydrogen) atoms. The third-order valence-corrected chi connectivity index (χ3v) is 2.48. The van der Waals surface area contributed by atoms with Crippen molar-refractivity contribution in [2.75, 3.05) is 6.61 Å². The van der Waals surface area contributed by atoms with Gasteiger partial charge in [0, 0.05) is 23.4 Å². The monoisotopic (exact) mass is 207 g/mol. The van der Waals surface area contributed by atoms with Gasteiger partial charge in [-0.25, -0.2) is 4.68 Å². The van der Waals surface area contributed by atoms with Crippen molar-refractivity contribution >= 4 is 0 Å². The third-order valence-electron chi connectivity index (χ3n) is 2.48. The molecule has 2 rings (SSSR count). The highest BCUT2D eigenvalue weighted by atomic mass is 16.5. The second-order valence-corrected chi connectivity index (χ2v) is 3.48. The Kier molecular flexibility index (Phi) is 3.22. The molecular formula is C9H13N5O. The van der Waals surface area contributed by atoms with Gasteiger partial charge < -0.3 is 4.74 Å². The molecule has 1 saturated heterocycles. The fourth-order valence-electron chi connectivity index (χ4n) is 1.75. The molecule has 0 amide bonds. The maximum Gasteiger partial charge on any atom is 0.150 e. The number of hydrogen-bond donors (Lipinski definition) is 0. The van der Waals surface area contributed by atoms with E-state index in [0.717, 1.165) is 31.6 Å². The van der Waals surface area contributed by atoms with Crippen LogP contribution in [0.1, 0.15) is 31.2 Å². The summed E-state index contributed by atoms with van der Waals surface area (Å²) in [4.78, 5) is 2.74. The zero-order valence-corrected chi connectivity index (χ0v) is 8.41. The number of rotatable bonds is 3. The van der Waals surface area contributed by atoms with E-state index < -0.39 is 0 Å². The Bertz CT molecular complexity index is 362. The molecule has 0 N–H and O–H groups in total. The predicted octanol–water partition coefficient (Wildman–Crippen LogP) is 2.39. The van der Waals surface area contributed by atoms with Crippen LogP contribution in [0.3, 0.4) is 0 Å². The quantitative estimate of drug-likeness (QED) is 0.433. The summed E-state index contributed by atoms with van der Waals surface area (Å²) < 4.78 is 7.42. The molecular weight excluding hydrogens is 194 g/mol. The minimum atomic E-state index is 0.0117. The van der Waals surface area contributed by atoms with Crippen LogP contribution in [0, 0.1) is 0 Å². The molecule has 0 aliphatic carbocycles. The van der Waals surface area contributed by atoms with E-state index >= 15 is 0 Å². The molecule has 1 aromatic heterocycles. The summed E-state index contributed by atoms with van der Waals surface area (Å²) in [6, 6.07) is 1.85. The van der Waals surface area contributed by atoms with Crippen molar-refractivity contribution in [3.63, 3.8) is 0 Å². The van der Waals surface area contributed by atoms with E-state index in [9.17, 15) is 0 Å². The van der Waals surface area contributed by atoms with Crippen molar-refractivity contribution in [3.8, 4) is 0 Å². The highest BCUT2D eigenvalue weighted by Gasteiger charge is 2.18. The van der Waals surface area contributed by atoms with Gasteiger partial charge in [-0.3, -0.25) is 0 Å². The molecule has 1 aliphatic heterocycles. The second kappa shape index (κ2) is 4.82. The summed E-state index contributed by atoms with van der Waals surface area (Å²) in [5.74, 6) is 0. The summed E-state index contributed by atoms with van der Waals surface area (Å²) in [6.45, 7) is 1.11. The van der Waals surface area contributed by atoms with E-state index in [2.05, 4.69) is 15.1 Å². The van der Waals surface area contributed by atoms with E-state index in [1.54, 1.807) is 6.20 Å². The van der Waals surface area contributed by atoms with E-state index in [0.29, 0.717) is 6.54 Å². The molecule has 1 fully saturated rings. The molecule has 1 aliphatic rings. The van der Waals surface area contributed by atoms with Gasteiger partial charge in [0.05, 0.1) is 6.54 Å². The van der Waals surface area contributed by atoms with Crippen molar-refractivity contribution in [1.82, 2.24) is 9.78 Å². The van der Waals surface area contributed by atoms with Gasteiger partial charge in [0.25, 0.3) is 0 Å². The Morgan fingerprint density at radius 1 is 1.67 bits per heavy atom. The minimum absolute atomic E-state index is 0.0117. The smallest absolute Gasteiger partial charge is 0.150 e. The number of nitrogens with zero attached hydrogens (tertiary/aromatic N) is 5. The molecule has 80 valence electrons. The van der Waals surface area contributed by atoms with Crippen molar-refractivity contribution in [3.05, 3.63) is 28.4 Å². The van der Waals surface area contributed by atoms with Crippen LogP contribution in [0.4, 0.5) is 0 Å². The van der Waals surface area contributed by atoms with Crippen molar-refractivity contribution in [2.24, 2.45) is 5.11 Å². The van der Waals surface area contributed by atoms with Gasteiger partial charge >= 0.3 is 0 Å². The van der Waals surface area contributed by atoms with Gasteiger partial charge in [0.1, 0.15) is 6.23 Å². The van der Waals surface area contributed by atoms with Crippen molar-refractivity contribution < 1.29 is 4.74 Å². The van der Waals surface area contributed by atoms with Crippen LogP contribution in [-0.2, 0) is 11.3 Å². The van der Waals surface area contributed by atoms with Crippen LogP contribution < -0.4 is 0 Å². The van der Waals surface area contributed by atoms with Crippen LogP contribution in [0.25, 0.3) is 10.4 Å². The van der Waals surface area contributed by atoms with E-state index in [1.807, 2.05) is 10.7 Å². The van der Waals surface area contributed by atoms with Crippen molar-refractivity contribution in [2.45, 2.75) is 32.0 Å². The lowest BCUT2D eigenvalue weighted by Crippen LogP contribution is -2.20. The average molecular weight is 207 g/mol. The summed E-state index contributed by atoms with van der Waals surface area (Å²) in [7, 11) is 0. The number of ether oxygens (including phenoxy) is 1. The largest absolute Gasteiger partial charge is 0.357 e. The summed E-state index contributed by atoms with van der Waals surface area (Å²) in [6.07, 6.45) is 4.97. The molecule has 2 heterocycles. The average Bonchev–Trinajstić information content (AvgIpc) is 2.75. The van der Waals surface area contributed by atoms with Crippen LogP contribution >= 0.6 is 0 Å². The van der Waals surface area contributed by atoms with Gasteiger partial charge in [0.2, 0.25) is 0 Å². The lowest BCUT2D eigenvalue weighted by Gasteiger charge is -2.24. The molecule has 0 aromatic carbocycles. The third kappa shape index (κ3) is 2.29.